The van der Waals surface area contributed by atoms with E-state index >= 15 is 0 Å². The zero-order valence-electron chi connectivity index (χ0n) is 21.3. The van der Waals surface area contributed by atoms with E-state index in [2.05, 4.69) is 39.0 Å². The molecule has 2 aliphatic rings. The molecule has 1 aromatic rings. The van der Waals surface area contributed by atoms with Crippen molar-refractivity contribution in [1.82, 2.24) is 0 Å². The number of rotatable bonds is 12. The molecule has 2 aliphatic carbocycles. The Hall–Kier alpha value is -0.780. The van der Waals surface area contributed by atoms with Crippen LogP contribution in [-0.4, -0.2) is 0 Å². The number of aryl methyl sites for hydroxylation is 1. The fraction of sp³-hybridized carbons (Fsp3) is 0.806. The van der Waals surface area contributed by atoms with Gasteiger partial charge in [-0.3, -0.25) is 0 Å². The van der Waals surface area contributed by atoms with E-state index in [1.165, 1.54) is 116 Å². The second-order valence-electron chi connectivity index (χ2n) is 11.2. The lowest BCUT2D eigenvalue weighted by Crippen LogP contribution is -2.15. The van der Waals surface area contributed by atoms with Crippen molar-refractivity contribution < 1.29 is 0 Å². The third kappa shape index (κ3) is 7.94. The highest BCUT2D eigenvalue weighted by molar-refractivity contribution is 5.35. The largest absolute Gasteiger partial charge is 0.0654 e. The molecule has 3 rings (SSSR count). The van der Waals surface area contributed by atoms with E-state index in [0.717, 1.165) is 23.7 Å². The lowest BCUT2D eigenvalue weighted by atomic mass is 9.74. The summed E-state index contributed by atoms with van der Waals surface area (Å²) in [5.74, 6) is 3.70. The van der Waals surface area contributed by atoms with E-state index in [0.29, 0.717) is 0 Å². The van der Waals surface area contributed by atoms with E-state index < -0.39 is 0 Å². The molecule has 1 aromatic carbocycles. The molecule has 0 spiro atoms. The first-order chi connectivity index (χ1) is 15.2. The lowest BCUT2D eigenvalue weighted by molar-refractivity contribution is 0.301. The van der Waals surface area contributed by atoms with Crippen LogP contribution in [0.2, 0.25) is 0 Å². The maximum Gasteiger partial charge on any atom is -0.0159 e. The molecule has 31 heavy (non-hydrogen) atoms. The lowest BCUT2D eigenvalue weighted by Gasteiger charge is -2.31. The predicted octanol–water partition coefficient (Wildman–Crippen LogP) is 10.5. The first kappa shape index (κ1) is 24.9. The van der Waals surface area contributed by atoms with Crippen LogP contribution in [0.1, 0.15) is 158 Å². The zero-order valence-corrected chi connectivity index (χ0v) is 21.3. The Bertz CT molecular complexity index is 598. The van der Waals surface area contributed by atoms with Gasteiger partial charge < -0.3 is 0 Å². The Kier molecular flexibility index (Phi) is 11.0. The highest BCUT2D eigenvalue weighted by atomic mass is 14.3. The van der Waals surface area contributed by atoms with Gasteiger partial charge in [0.05, 0.1) is 0 Å². The fourth-order valence-electron chi connectivity index (χ4n) is 6.76. The van der Waals surface area contributed by atoms with Gasteiger partial charge >= 0.3 is 0 Å². The maximum absolute atomic E-state index is 2.57. The average molecular weight is 425 g/mol. The van der Waals surface area contributed by atoms with E-state index in [1.54, 1.807) is 16.7 Å². The van der Waals surface area contributed by atoms with E-state index in [4.69, 9.17) is 0 Å². The Labute approximate surface area is 195 Å². The summed E-state index contributed by atoms with van der Waals surface area (Å²) in [5.41, 5.74) is 4.91. The van der Waals surface area contributed by atoms with Gasteiger partial charge in [-0.25, -0.2) is 0 Å². The third-order valence-corrected chi connectivity index (χ3v) is 8.81. The molecule has 2 saturated carbocycles. The first-order valence-corrected chi connectivity index (χ1v) is 14.3. The van der Waals surface area contributed by atoms with E-state index in [1.807, 2.05) is 0 Å². The predicted molar refractivity (Wildman–Crippen MR) is 138 cm³/mol. The summed E-state index contributed by atoms with van der Waals surface area (Å²) in [6.45, 7) is 7.05. The summed E-state index contributed by atoms with van der Waals surface area (Å²) in [5, 5.41) is 0. The summed E-state index contributed by atoms with van der Waals surface area (Å²) in [7, 11) is 0. The molecule has 0 unspecified atom stereocenters. The molecule has 0 heterocycles. The van der Waals surface area contributed by atoms with Crippen LogP contribution in [0.25, 0.3) is 0 Å². The van der Waals surface area contributed by atoms with Crippen LogP contribution in [0.3, 0.4) is 0 Å². The van der Waals surface area contributed by atoms with Gasteiger partial charge in [-0.05, 0) is 98.7 Å². The number of hydrogen-bond donors (Lipinski definition) is 0. The fourth-order valence-corrected chi connectivity index (χ4v) is 6.76. The first-order valence-electron chi connectivity index (χ1n) is 14.3. The van der Waals surface area contributed by atoms with Crippen molar-refractivity contribution in [1.29, 1.82) is 0 Å². The van der Waals surface area contributed by atoms with Gasteiger partial charge in [0.2, 0.25) is 0 Å². The SMILES string of the molecule is CCCCCCCCCC1CCC(c2ccc(C3CCC(CCC)CC3)cc2C)CC1. The molecular formula is C31H52. The van der Waals surface area contributed by atoms with Crippen LogP contribution in [0.5, 0.6) is 0 Å². The van der Waals surface area contributed by atoms with E-state index in [9.17, 15) is 0 Å². The minimum Gasteiger partial charge on any atom is -0.0654 e. The molecule has 2 fully saturated rings. The summed E-state index contributed by atoms with van der Waals surface area (Å²) < 4.78 is 0. The Morgan fingerprint density at radius 3 is 1.81 bits per heavy atom. The zero-order chi connectivity index (χ0) is 21.9. The van der Waals surface area contributed by atoms with Crippen molar-refractivity contribution in [3.05, 3.63) is 34.9 Å². The molecule has 0 N–H and O–H groups in total. The normalized spacial score (nSPS) is 26.8. The van der Waals surface area contributed by atoms with E-state index in [-0.39, 0.29) is 0 Å². The van der Waals surface area contributed by atoms with Crippen LogP contribution in [0.4, 0.5) is 0 Å². The van der Waals surface area contributed by atoms with Crippen molar-refractivity contribution in [2.75, 3.05) is 0 Å². The molecule has 0 saturated heterocycles. The van der Waals surface area contributed by atoms with Gasteiger partial charge in [0, 0.05) is 0 Å². The molecular weight excluding hydrogens is 372 g/mol. The highest BCUT2D eigenvalue weighted by Gasteiger charge is 2.25. The van der Waals surface area contributed by atoms with Crippen molar-refractivity contribution in [3.8, 4) is 0 Å². The van der Waals surface area contributed by atoms with Crippen LogP contribution in [-0.2, 0) is 0 Å². The van der Waals surface area contributed by atoms with Gasteiger partial charge in [-0.2, -0.15) is 0 Å². The second kappa shape index (κ2) is 13.7. The monoisotopic (exact) mass is 424 g/mol. The molecule has 176 valence electrons. The van der Waals surface area contributed by atoms with Crippen LogP contribution in [0, 0.1) is 18.8 Å². The molecule has 0 amide bonds. The Morgan fingerprint density at radius 1 is 0.613 bits per heavy atom. The van der Waals surface area contributed by atoms with Gasteiger partial charge in [0.1, 0.15) is 0 Å². The highest BCUT2D eigenvalue weighted by Crippen LogP contribution is 2.41. The summed E-state index contributed by atoms with van der Waals surface area (Å²) >= 11 is 0. The summed E-state index contributed by atoms with van der Waals surface area (Å²) in [4.78, 5) is 0. The number of benzene rings is 1. The second-order valence-corrected chi connectivity index (χ2v) is 11.2. The molecule has 0 aromatic heterocycles. The van der Waals surface area contributed by atoms with Crippen molar-refractivity contribution in [2.45, 2.75) is 148 Å². The Balaban J connectivity index is 1.38. The standard InChI is InChI=1S/C31H52/c1-4-6-7-8-9-10-11-13-27-16-20-29(21-17-27)31-23-22-30(24-25(31)3)28-18-14-26(12-5-2)15-19-28/h22-24,26-29H,4-21H2,1-3H3. The van der Waals surface area contributed by atoms with Crippen molar-refractivity contribution >= 4 is 0 Å². The third-order valence-electron chi connectivity index (χ3n) is 8.81. The average Bonchev–Trinajstić information content (AvgIpc) is 2.80. The van der Waals surface area contributed by atoms with Gasteiger partial charge in [0.25, 0.3) is 0 Å². The minimum absolute atomic E-state index is 0.832. The number of hydrogen-bond acceptors (Lipinski definition) is 0. The summed E-state index contributed by atoms with van der Waals surface area (Å²) in [6, 6.07) is 7.62. The van der Waals surface area contributed by atoms with Crippen molar-refractivity contribution in [2.24, 2.45) is 11.8 Å². The van der Waals surface area contributed by atoms with Gasteiger partial charge in [0.15, 0.2) is 0 Å². The molecule has 0 aliphatic heterocycles. The maximum atomic E-state index is 2.57. The van der Waals surface area contributed by atoms with Gasteiger partial charge in [-0.1, -0.05) is 96.3 Å². The van der Waals surface area contributed by atoms with Crippen LogP contribution in [0.15, 0.2) is 18.2 Å². The van der Waals surface area contributed by atoms with Gasteiger partial charge in [-0.15, -0.1) is 0 Å². The van der Waals surface area contributed by atoms with Crippen LogP contribution >= 0.6 is 0 Å². The smallest absolute Gasteiger partial charge is 0.0159 e. The molecule has 0 radical (unpaired) electrons. The Morgan fingerprint density at radius 2 is 1.19 bits per heavy atom. The molecule has 0 bridgehead atoms. The number of unbranched alkanes of at least 4 members (excludes halogenated alkanes) is 6. The summed E-state index contributed by atoms with van der Waals surface area (Å²) in [6.07, 6.45) is 26.1. The van der Waals surface area contributed by atoms with Crippen LogP contribution < -0.4 is 0 Å². The quantitative estimate of drug-likeness (QED) is 0.293. The topological polar surface area (TPSA) is 0 Å². The molecule has 0 atom stereocenters. The van der Waals surface area contributed by atoms with Crippen molar-refractivity contribution in [3.63, 3.8) is 0 Å². The minimum atomic E-state index is 0.832. The molecule has 0 nitrogen and oxygen atoms in total. The molecule has 0 heteroatoms.